The van der Waals surface area contributed by atoms with E-state index in [0.717, 1.165) is 38.9 Å². The SMILES string of the molecule is CCCNC1(C(=O)O)CCC(N(C)CCN(C)C)C1. The molecule has 0 bridgehead atoms. The summed E-state index contributed by atoms with van der Waals surface area (Å²) in [7, 11) is 6.23. The average Bonchev–Trinajstić information content (AvgIpc) is 2.79. The van der Waals surface area contributed by atoms with E-state index in [4.69, 9.17) is 0 Å². The summed E-state index contributed by atoms with van der Waals surface area (Å²) < 4.78 is 0. The normalized spacial score (nSPS) is 27.4. The monoisotopic (exact) mass is 271 g/mol. The van der Waals surface area contributed by atoms with Gasteiger partial charge in [0.25, 0.3) is 0 Å². The van der Waals surface area contributed by atoms with E-state index < -0.39 is 11.5 Å². The van der Waals surface area contributed by atoms with Crippen molar-refractivity contribution in [2.24, 2.45) is 0 Å². The van der Waals surface area contributed by atoms with Gasteiger partial charge in [0.15, 0.2) is 0 Å². The van der Waals surface area contributed by atoms with Crippen molar-refractivity contribution in [1.82, 2.24) is 15.1 Å². The highest BCUT2D eigenvalue weighted by molar-refractivity contribution is 5.79. The van der Waals surface area contributed by atoms with E-state index >= 15 is 0 Å². The van der Waals surface area contributed by atoms with Gasteiger partial charge < -0.3 is 20.2 Å². The number of likely N-dealkylation sites (N-methyl/N-ethyl adjacent to an activating group) is 2. The number of nitrogens with zero attached hydrogens (tertiary/aromatic N) is 2. The van der Waals surface area contributed by atoms with Gasteiger partial charge in [-0.05, 0) is 53.4 Å². The molecule has 5 heteroatoms. The van der Waals surface area contributed by atoms with Gasteiger partial charge >= 0.3 is 5.97 Å². The molecule has 0 spiro atoms. The van der Waals surface area contributed by atoms with Gasteiger partial charge in [0.2, 0.25) is 0 Å². The minimum Gasteiger partial charge on any atom is -0.480 e. The molecule has 0 aromatic heterocycles. The van der Waals surface area contributed by atoms with Crippen LogP contribution in [0.2, 0.25) is 0 Å². The molecule has 0 aromatic rings. The quantitative estimate of drug-likeness (QED) is 0.685. The van der Waals surface area contributed by atoms with Crippen LogP contribution in [-0.2, 0) is 4.79 Å². The van der Waals surface area contributed by atoms with Crippen molar-refractivity contribution in [3.63, 3.8) is 0 Å². The Balaban J connectivity index is 2.55. The van der Waals surface area contributed by atoms with Crippen LogP contribution >= 0.6 is 0 Å². The zero-order valence-corrected chi connectivity index (χ0v) is 12.8. The second kappa shape index (κ2) is 7.22. The van der Waals surface area contributed by atoms with E-state index in [-0.39, 0.29) is 0 Å². The summed E-state index contributed by atoms with van der Waals surface area (Å²) in [4.78, 5) is 16.0. The molecule has 1 fully saturated rings. The van der Waals surface area contributed by atoms with E-state index in [1.54, 1.807) is 0 Å². The average molecular weight is 271 g/mol. The van der Waals surface area contributed by atoms with E-state index in [9.17, 15) is 9.90 Å². The molecule has 0 heterocycles. The van der Waals surface area contributed by atoms with Crippen molar-refractivity contribution in [3.8, 4) is 0 Å². The third kappa shape index (κ3) is 4.44. The maximum Gasteiger partial charge on any atom is 0.323 e. The van der Waals surface area contributed by atoms with Crippen molar-refractivity contribution >= 4 is 5.97 Å². The van der Waals surface area contributed by atoms with Crippen LogP contribution in [0.4, 0.5) is 0 Å². The molecule has 0 aromatic carbocycles. The number of hydrogen-bond donors (Lipinski definition) is 2. The van der Waals surface area contributed by atoms with Crippen LogP contribution in [-0.4, -0.2) is 73.2 Å². The van der Waals surface area contributed by atoms with Crippen molar-refractivity contribution in [2.75, 3.05) is 40.8 Å². The van der Waals surface area contributed by atoms with Gasteiger partial charge in [-0.1, -0.05) is 6.92 Å². The predicted molar refractivity (Wildman–Crippen MR) is 77.5 cm³/mol. The highest BCUT2D eigenvalue weighted by Crippen LogP contribution is 2.33. The lowest BCUT2D eigenvalue weighted by Crippen LogP contribution is -2.51. The Kier molecular flexibility index (Phi) is 6.23. The smallest absolute Gasteiger partial charge is 0.323 e. The Morgan fingerprint density at radius 2 is 2.05 bits per heavy atom. The molecule has 1 saturated carbocycles. The molecular weight excluding hydrogens is 242 g/mol. The number of aliphatic carboxylic acids is 1. The largest absolute Gasteiger partial charge is 0.480 e. The molecule has 1 aliphatic rings. The van der Waals surface area contributed by atoms with Gasteiger partial charge in [0.05, 0.1) is 0 Å². The molecule has 0 amide bonds. The molecule has 2 atom stereocenters. The molecular formula is C14H29N3O2. The van der Waals surface area contributed by atoms with Crippen LogP contribution < -0.4 is 5.32 Å². The summed E-state index contributed by atoms with van der Waals surface area (Å²) in [6.07, 6.45) is 3.38. The van der Waals surface area contributed by atoms with Gasteiger partial charge in [-0.25, -0.2) is 0 Å². The van der Waals surface area contributed by atoms with Gasteiger partial charge in [-0.2, -0.15) is 0 Å². The molecule has 112 valence electrons. The van der Waals surface area contributed by atoms with Crippen LogP contribution in [0.1, 0.15) is 32.6 Å². The summed E-state index contributed by atoms with van der Waals surface area (Å²) in [5.41, 5.74) is -0.701. The summed E-state index contributed by atoms with van der Waals surface area (Å²) in [5, 5.41) is 12.8. The van der Waals surface area contributed by atoms with E-state index in [1.807, 2.05) is 0 Å². The minimum absolute atomic E-state index is 0.375. The Hall–Kier alpha value is -0.650. The van der Waals surface area contributed by atoms with E-state index in [0.29, 0.717) is 12.5 Å². The van der Waals surface area contributed by atoms with Crippen LogP contribution in [0.25, 0.3) is 0 Å². The summed E-state index contributed by atoms with van der Waals surface area (Å²) in [6.45, 7) is 4.84. The van der Waals surface area contributed by atoms with Crippen molar-refractivity contribution in [1.29, 1.82) is 0 Å². The summed E-state index contributed by atoms with van der Waals surface area (Å²) >= 11 is 0. The topological polar surface area (TPSA) is 55.8 Å². The first-order valence-corrected chi connectivity index (χ1v) is 7.24. The van der Waals surface area contributed by atoms with Gasteiger partial charge in [-0.3, -0.25) is 4.79 Å². The Morgan fingerprint density at radius 1 is 1.37 bits per heavy atom. The number of carbonyl (C=O) groups is 1. The summed E-state index contributed by atoms with van der Waals surface area (Å²) in [6, 6.07) is 0.375. The number of carboxylic acid groups (broad SMARTS) is 1. The fourth-order valence-corrected chi connectivity index (χ4v) is 2.73. The molecule has 2 unspecified atom stereocenters. The molecule has 0 saturated heterocycles. The fraction of sp³-hybridized carbons (Fsp3) is 0.929. The zero-order chi connectivity index (χ0) is 14.5. The molecule has 2 N–H and O–H groups in total. The first-order valence-electron chi connectivity index (χ1n) is 7.24. The maximum atomic E-state index is 11.6. The van der Waals surface area contributed by atoms with E-state index in [1.165, 1.54) is 0 Å². The first kappa shape index (κ1) is 16.4. The lowest BCUT2D eigenvalue weighted by atomic mass is 9.97. The highest BCUT2D eigenvalue weighted by Gasteiger charge is 2.45. The molecule has 19 heavy (non-hydrogen) atoms. The second-order valence-electron chi connectivity index (χ2n) is 5.99. The predicted octanol–water partition coefficient (Wildman–Crippen LogP) is 0.855. The molecule has 5 nitrogen and oxygen atoms in total. The van der Waals surface area contributed by atoms with Crippen LogP contribution in [0.5, 0.6) is 0 Å². The molecule has 1 aliphatic carbocycles. The lowest BCUT2D eigenvalue weighted by molar-refractivity contribution is -0.144. The second-order valence-corrected chi connectivity index (χ2v) is 5.99. The van der Waals surface area contributed by atoms with Crippen molar-refractivity contribution < 1.29 is 9.90 Å². The van der Waals surface area contributed by atoms with Crippen molar-refractivity contribution in [3.05, 3.63) is 0 Å². The summed E-state index contributed by atoms with van der Waals surface area (Å²) in [5.74, 6) is -0.690. The number of nitrogens with one attached hydrogen (secondary N) is 1. The van der Waals surface area contributed by atoms with E-state index in [2.05, 4.69) is 43.2 Å². The van der Waals surface area contributed by atoms with Crippen LogP contribution in [0.3, 0.4) is 0 Å². The molecule has 0 radical (unpaired) electrons. The Labute approximate surface area is 117 Å². The number of carboxylic acids is 1. The highest BCUT2D eigenvalue weighted by atomic mass is 16.4. The van der Waals surface area contributed by atoms with Crippen molar-refractivity contribution in [2.45, 2.75) is 44.2 Å². The number of rotatable bonds is 8. The maximum absolute atomic E-state index is 11.6. The Bertz CT molecular complexity index is 296. The van der Waals surface area contributed by atoms with Gasteiger partial charge in [0, 0.05) is 19.1 Å². The molecule has 1 rings (SSSR count). The zero-order valence-electron chi connectivity index (χ0n) is 12.8. The molecule has 0 aliphatic heterocycles. The Morgan fingerprint density at radius 3 is 2.58 bits per heavy atom. The minimum atomic E-state index is -0.701. The van der Waals surface area contributed by atoms with Crippen LogP contribution in [0.15, 0.2) is 0 Å². The number of hydrogen-bond acceptors (Lipinski definition) is 4. The fourth-order valence-electron chi connectivity index (χ4n) is 2.73. The first-order chi connectivity index (χ1) is 8.91. The third-order valence-electron chi connectivity index (χ3n) is 4.13. The third-order valence-corrected chi connectivity index (χ3v) is 4.13. The van der Waals surface area contributed by atoms with Crippen LogP contribution in [0, 0.1) is 0 Å². The van der Waals surface area contributed by atoms with Gasteiger partial charge in [0.1, 0.15) is 5.54 Å². The lowest BCUT2D eigenvalue weighted by Gasteiger charge is -2.29. The van der Waals surface area contributed by atoms with Gasteiger partial charge in [-0.15, -0.1) is 0 Å². The standard InChI is InChI=1S/C14H29N3O2/c1-5-8-15-14(13(18)19)7-6-12(11-14)17(4)10-9-16(2)3/h12,15H,5-11H2,1-4H3,(H,18,19).